The SMILES string of the molecule is CCCC(=O)N[C@H](C(=O)N[C@H](C(=O)N[C@H](C(=O)N[C@@H](C)C(=O)N[C@@H](C)C(O)(O)C(=O)N[C@@H](CC(=O)O)C(=O)N[C@@H](CCC(=O)O)C(N)=O)[C@@H](C)O)[C@@H](C)CC)C1CCCC1. The molecule has 0 saturated heterocycles. The number of aliphatic hydroxyl groups excluding tert-OH is 1. The Hall–Kier alpha value is -5.42. The molecule has 0 heterocycles. The van der Waals surface area contributed by atoms with Gasteiger partial charge in [-0.05, 0) is 58.3 Å². The quantitative estimate of drug-likeness (QED) is 0.0373. The van der Waals surface area contributed by atoms with Crippen LogP contribution in [0.3, 0.4) is 0 Å². The Bertz CT molecular complexity index is 1570. The third kappa shape index (κ3) is 16.7. The maximum Gasteiger partial charge on any atom is 0.305 e. The molecule has 0 aromatic carbocycles. The number of carbonyl (C=O) groups excluding carboxylic acids is 8. The number of hydrogen-bond acceptors (Lipinski definition) is 13. The molecule has 1 aliphatic carbocycles. The van der Waals surface area contributed by atoms with Crippen molar-refractivity contribution in [3.05, 3.63) is 0 Å². The van der Waals surface area contributed by atoms with E-state index in [1.165, 1.54) is 6.92 Å². The van der Waals surface area contributed by atoms with Crippen LogP contribution in [0.5, 0.6) is 0 Å². The van der Waals surface area contributed by atoms with Crippen molar-refractivity contribution < 1.29 is 73.5 Å². The summed E-state index contributed by atoms with van der Waals surface area (Å²) in [5.74, 6) is -15.4. The van der Waals surface area contributed by atoms with E-state index in [1.54, 1.807) is 19.2 Å². The van der Waals surface area contributed by atoms with Crippen molar-refractivity contribution in [3.8, 4) is 0 Å². The summed E-state index contributed by atoms with van der Waals surface area (Å²) in [6.45, 7) is 8.53. The van der Waals surface area contributed by atoms with Gasteiger partial charge >= 0.3 is 11.9 Å². The first-order valence-corrected chi connectivity index (χ1v) is 19.8. The summed E-state index contributed by atoms with van der Waals surface area (Å²) in [6, 6.07) is -10.9. The second-order valence-corrected chi connectivity index (χ2v) is 15.1. The van der Waals surface area contributed by atoms with Gasteiger partial charge in [0.05, 0.1) is 18.6 Å². The molecule has 340 valence electrons. The van der Waals surface area contributed by atoms with Crippen molar-refractivity contribution in [1.82, 2.24) is 37.2 Å². The first kappa shape index (κ1) is 52.6. The van der Waals surface area contributed by atoms with E-state index in [2.05, 4.69) is 26.6 Å². The highest BCUT2D eigenvalue weighted by Crippen LogP contribution is 2.28. The zero-order chi connectivity index (χ0) is 46.1. The monoisotopic (exact) mass is 858 g/mol. The highest BCUT2D eigenvalue weighted by Gasteiger charge is 2.44. The van der Waals surface area contributed by atoms with E-state index in [0.717, 1.165) is 26.7 Å². The van der Waals surface area contributed by atoms with Crippen LogP contribution in [0.4, 0.5) is 0 Å². The molecule has 0 bridgehead atoms. The molecule has 0 aromatic rings. The summed E-state index contributed by atoms with van der Waals surface area (Å²) < 4.78 is 0. The molecule has 0 aromatic heterocycles. The maximum atomic E-state index is 13.6. The lowest BCUT2D eigenvalue weighted by atomic mass is 9.94. The summed E-state index contributed by atoms with van der Waals surface area (Å²) in [6.07, 6.45) is 0.527. The average Bonchev–Trinajstić information content (AvgIpc) is 3.70. The molecular weight excluding hydrogens is 796 g/mol. The van der Waals surface area contributed by atoms with Crippen molar-refractivity contribution in [2.24, 2.45) is 17.6 Å². The van der Waals surface area contributed by atoms with Crippen LogP contribution in [-0.2, 0) is 47.9 Å². The Morgan fingerprint density at radius 2 is 1.23 bits per heavy atom. The van der Waals surface area contributed by atoms with Gasteiger partial charge in [0, 0.05) is 12.8 Å². The van der Waals surface area contributed by atoms with Gasteiger partial charge in [0.25, 0.3) is 11.7 Å². The minimum absolute atomic E-state index is 0.143. The number of nitrogens with two attached hydrogens (primary N) is 1. The van der Waals surface area contributed by atoms with Crippen LogP contribution >= 0.6 is 0 Å². The lowest BCUT2D eigenvalue weighted by Gasteiger charge is -2.31. The molecule has 14 N–H and O–H groups in total. The Balaban J connectivity index is 3.07. The van der Waals surface area contributed by atoms with E-state index in [0.29, 0.717) is 25.7 Å². The molecule has 0 radical (unpaired) electrons. The average molecular weight is 859 g/mol. The smallest absolute Gasteiger partial charge is 0.305 e. The zero-order valence-corrected chi connectivity index (χ0v) is 34.7. The van der Waals surface area contributed by atoms with Gasteiger partial charge in [0.1, 0.15) is 36.3 Å². The Kier molecular flexibility index (Phi) is 21.6. The molecule has 1 fully saturated rings. The number of aliphatic carboxylic acids is 2. The molecule has 0 aliphatic heterocycles. The van der Waals surface area contributed by atoms with Gasteiger partial charge in [-0.3, -0.25) is 47.9 Å². The fourth-order valence-electron chi connectivity index (χ4n) is 6.23. The zero-order valence-electron chi connectivity index (χ0n) is 34.7. The molecule has 1 rings (SSSR count). The highest BCUT2D eigenvalue weighted by atomic mass is 16.5. The number of hydrogen-bond donors (Lipinski definition) is 13. The minimum Gasteiger partial charge on any atom is -0.481 e. The molecule has 1 aliphatic rings. The molecule has 0 spiro atoms. The van der Waals surface area contributed by atoms with E-state index < -0.39 is 133 Å². The second-order valence-electron chi connectivity index (χ2n) is 15.1. The highest BCUT2D eigenvalue weighted by molar-refractivity contribution is 5.97. The normalized spacial score (nSPS) is 17.4. The first-order chi connectivity index (χ1) is 27.9. The van der Waals surface area contributed by atoms with Gasteiger partial charge in [-0.25, -0.2) is 0 Å². The van der Waals surface area contributed by atoms with Gasteiger partial charge < -0.3 is 68.5 Å². The van der Waals surface area contributed by atoms with Crippen molar-refractivity contribution in [1.29, 1.82) is 0 Å². The van der Waals surface area contributed by atoms with E-state index in [9.17, 15) is 68.4 Å². The Morgan fingerprint density at radius 1 is 0.667 bits per heavy atom. The third-order valence-corrected chi connectivity index (χ3v) is 10.2. The molecule has 9 atom stereocenters. The summed E-state index contributed by atoms with van der Waals surface area (Å²) in [4.78, 5) is 126. The Morgan fingerprint density at radius 3 is 1.73 bits per heavy atom. The van der Waals surface area contributed by atoms with Crippen LogP contribution in [-0.4, -0.2) is 139 Å². The number of carbonyl (C=O) groups is 10. The maximum absolute atomic E-state index is 13.6. The van der Waals surface area contributed by atoms with Crippen LogP contribution in [0, 0.1) is 11.8 Å². The summed E-state index contributed by atoms with van der Waals surface area (Å²) in [7, 11) is 0. The van der Waals surface area contributed by atoms with E-state index in [1.807, 2.05) is 12.2 Å². The fraction of sp³-hybridized carbons (Fsp3) is 0.730. The topological polar surface area (TPSA) is 382 Å². The predicted molar refractivity (Wildman–Crippen MR) is 208 cm³/mol. The van der Waals surface area contributed by atoms with Crippen LogP contribution in [0.15, 0.2) is 0 Å². The van der Waals surface area contributed by atoms with Crippen LogP contribution in [0.2, 0.25) is 0 Å². The molecule has 60 heavy (non-hydrogen) atoms. The van der Waals surface area contributed by atoms with Crippen molar-refractivity contribution in [2.75, 3.05) is 0 Å². The molecule has 0 unspecified atom stereocenters. The predicted octanol–water partition coefficient (Wildman–Crippen LogP) is -3.66. The van der Waals surface area contributed by atoms with Gasteiger partial charge in [-0.2, -0.15) is 0 Å². The van der Waals surface area contributed by atoms with Crippen LogP contribution < -0.4 is 43.0 Å². The van der Waals surface area contributed by atoms with Gasteiger partial charge in [-0.1, -0.05) is 40.0 Å². The van der Waals surface area contributed by atoms with Crippen LogP contribution in [0.1, 0.15) is 106 Å². The number of primary amides is 1. The van der Waals surface area contributed by atoms with Gasteiger partial charge in [0.15, 0.2) is 0 Å². The van der Waals surface area contributed by atoms with E-state index >= 15 is 0 Å². The van der Waals surface area contributed by atoms with E-state index in [4.69, 9.17) is 10.8 Å². The van der Waals surface area contributed by atoms with Gasteiger partial charge in [-0.15, -0.1) is 0 Å². The largest absolute Gasteiger partial charge is 0.481 e. The van der Waals surface area contributed by atoms with Crippen molar-refractivity contribution >= 4 is 59.2 Å². The van der Waals surface area contributed by atoms with Crippen molar-refractivity contribution in [2.45, 2.75) is 160 Å². The van der Waals surface area contributed by atoms with Crippen molar-refractivity contribution in [3.63, 3.8) is 0 Å². The van der Waals surface area contributed by atoms with E-state index in [-0.39, 0.29) is 18.2 Å². The minimum atomic E-state index is -3.54. The summed E-state index contributed by atoms with van der Waals surface area (Å²) in [5, 5.41) is 65.9. The second kappa shape index (κ2) is 24.6. The first-order valence-electron chi connectivity index (χ1n) is 19.8. The number of amides is 8. The number of nitrogens with one attached hydrogen (secondary N) is 7. The Labute approximate surface area is 347 Å². The molecule has 23 nitrogen and oxygen atoms in total. The lowest BCUT2D eigenvalue weighted by molar-refractivity contribution is -0.196. The molecular formula is C37H62N8O15. The molecule has 23 heteroatoms. The van der Waals surface area contributed by atoms with Gasteiger partial charge in [0.2, 0.25) is 41.4 Å². The fourth-order valence-corrected chi connectivity index (χ4v) is 6.23. The molecule has 1 saturated carbocycles. The summed E-state index contributed by atoms with van der Waals surface area (Å²) in [5.41, 5.74) is 5.17. The molecule has 8 amide bonds. The number of carboxylic acid groups (broad SMARTS) is 2. The third-order valence-electron chi connectivity index (χ3n) is 10.2. The number of rotatable bonds is 26. The standard InChI is InChI=1S/C37H62N8O15/c1-7-11-24(47)43-29(21-12-9-10-13-21)35(57)44-27(17(3)8-2)33(55)45-28(19(5)46)34(56)39-18(4)31(53)40-20(6)37(59,60)36(58)42-23(16-26(50)51)32(54)41-22(30(38)52)14-15-25(48)49/h17-23,27-29,46,59-60H,7-16H2,1-6H3,(H2,38,52)(H,39,56)(H,40,53)(H,41,54)(H,42,58)(H,43,47)(H,44,57)(H,45,55)(H,48,49)(H,50,51)/t17-,18-,19+,20-,22-,23-,27-,28-,29-/m0/s1. The summed E-state index contributed by atoms with van der Waals surface area (Å²) >= 11 is 0. The number of carboxylic acids is 2. The number of aliphatic hydroxyl groups is 3. The lowest BCUT2D eigenvalue weighted by Crippen LogP contribution is -2.65. The van der Waals surface area contributed by atoms with Crippen LogP contribution in [0.25, 0.3) is 0 Å².